The van der Waals surface area contributed by atoms with Crippen LogP contribution >= 0.6 is 0 Å². The van der Waals surface area contributed by atoms with Crippen LogP contribution in [-0.4, -0.2) is 41.8 Å². The number of fused-ring (bicyclic) bond motifs is 1. The van der Waals surface area contributed by atoms with Gasteiger partial charge in [-0.25, -0.2) is 9.78 Å². The van der Waals surface area contributed by atoms with Gasteiger partial charge in [-0.2, -0.15) is 4.98 Å². The maximum absolute atomic E-state index is 11.6. The average Bonchev–Trinajstić information content (AvgIpc) is 2.91. The molecule has 1 heterocycles. The highest BCUT2D eigenvalue weighted by Gasteiger charge is 2.14. The number of rotatable bonds is 11. The lowest BCUT2D eigenvalue weighted by Crippen LogP contribution is -2.09. The lowest BCUT2D eigenvalue weighted by Gasteiger charge is -2.15. The number of carboxylic acids is 1. The van der Waals surface area contributed by atoms with E-state index in [4.69, 9.17) is 14.5 Å². The fraction of sp³-hybridized carbons (Fsp3) is 0.250. The van der Waals surface area contributed by atoms with E-state index in [-0.39, 0.29) is 5.56 Å². The third kappa shape index (κ3) is 5.49. The molecule has 0 atom stereocenters. The second kappa shape index (κ2) is 11.4. The molecular weight excluding hydrogens is 456 g/mol. The number of anilines is 2. The fourth-order valence-corrected chi connectivity index (χ4v) is 3.96. The molecule has 8 nitrogen and oxygen atoms in total. The standard InChI is InChI=1S/C28H30N4O4/c1-4-5-14-29-28-31-23-16-25(36-3)24(35-2)15-22(23)26(32-28)30-17-18-10-12-19(13-11-18)20-8-6-7-9-21(20)27(33)34/h6-13,15-16H,4-5,14,17H2,1-3H3,(H,33,34)(H2,29,30,31,32). The van der Waals surface area contributed by atoms with Gasteiger partial charge in [0.15, 0.2) is 11.5 Å². The topological polar surface area (TPSA) is 106 Å². The van der Waals surface area contributed by atoms with Gasteiger partial charge in [0, 0.05) is 24.5 Å². The Bertz CT molecular complexity index is 1360. The van der Waals surface area contributed by atoms with Crippen molar-refractivity contribution >= 4 is 28.6 Å². The summed E-state index contributed by atoms with van der Waals surface area (Å²) >= 11 is 0. The lowest BCUT2D eigenvalue weighted by atomic mass is 9.99. The van der Waals surface area contributed by atoms with Gasteiger partial charge in [0.1, 0.15) is 5.82 Å². The Hall–Kier alpha value is -4.33. The molecular formula is C28H30N4O4. The highest BCUT2D eigenvalue weighted by molar-refractivity contribution is 5.96. The Morgan fingerprint density at radius 2 is 1.67 bits per heavy atom. The summed E-state index contributed by atoms with van der Waals surface area (Å²) in [7, 11) is 3.20. The van der Waals surface area contributed by atoms with Crippen LogP contribution in [-0.2, 0) is 6.54 Å². The molecule has 36 heavy (non-hydrogen) atoms. The van der Waals surface area contributed by atoms with Gasteiger partial charge in [-0.15, -0.1) is 0 Å². The van der Waals surface area contributed by atoms with Crippen LogP contribution < -0.4 is 20.1 Å². The lowest BCUT2D eigenvalue weighted by molar-refractivity contribution is 0.0697. The van der Waals surface area contributed by atoms with Crippen LogP contribution in [0.1, 0.15) is 35.7 Å². The second-order valence-electron chi connectivity index (χ2n) is 8.30. The predicted molar refractivity (Wildman–Crippen MR) is 142 cm³/mol. The van der Waals surface area contributed by atoms with Crippen molar-refractivity contribution in [2.24, 2.45) is 0 Å². The van der Waals surface area contributed by atoms with Crippen LogP contribution in [0.3, 0.4) is 0 Å². The Kier molecular flexibility index (Phi) is 7.85. The van der Waals surface area contributed by atoms with Crippen molar-refractivity contribution in [2.45, 2.75) is 26.3 Å². The largest absolute Gasteiger partial charge is 0.493 e. The van der Waals surface area contributed by atoms with E-state index in [1.165, 1.54) is 0 Å². The molecule has 3 N–H and O–H groups in total. The number of carboxylic acid groups (broad SMARTS) is 1. The molecule has 0 radical (unpaired) electrons. The molecule has 0 bridgehead atoms. The predicted octanol–water partition coefficient (Wildman–Crippen LogP) is 5.84. The first-order valence-corrected chi connectivity index (χ1v) is 11.9. The van der Waals surface area contributed by atoms with E-state index in [1.807, 2.05) is 48.5 Å². The van der Waals surface area contributed by atoms with Gasteiger partial charge >= 0.3 is 5.97 Å². The zero-order valence-electron chi connectivity index (χ0n) is 20.7. The Labute approximate surface area is 210 Å². The van der Waals surface area contributed by atoms with E-state index < -0.39 is 5.97 Å². The number of nitrogens with zero attached hydrogens (tertiary/aromatic N) is 2. The third-order valence-corrected chi connectivity index (χ3v) is 5.90. The molecule has 0 saturated carbocycles. The van der Waals surface area contributed by atoms with Crippen LogP contribution in [0.15, 0.2) is 60.7 Å². The van der Waals surface area contributed by atoms with Crippen molar-refractivity contribution in [1.82, 2.24) is 9.97 Å². The quantitative estimate of drug-likeness (QED) is 0.227. The van der Waals surface area contributed by atoms with Crippen molar-refractivity contribution in [3.8, 4) is 22.6 Å². The van der Waals surface area contributed by atoms with Crippen LogP contribution in [0.4, 0.5) is 11.8 Å². The zero-order valence-corrected chi connectivity index (χ0v) is 20.7. The minimum absolute atomic E-state index is 0.281. The molecule has 0 aliphatic carbocycles. The first-order chi connectivity index (χ1) is 17.5. The molecule has 0 spiro atoms. The van der Waals surface area contributed by atoms with E-state index >= 15 is 0 Å². The number of carbonyl (C=O) groups is 1. The summed E-state index contributed by atoms with van der Waals surface area (Å²) in [5.74, 6) is 1.49. The van der Waals surface area contributed by atoms with Crippen LogP contribution in [0, 0.1) is 0 Å². The minimum Gasteiger partial charge on any atom is -0.493 e. The van der Waals surface area contributed by atoms with Crippen LogP contribution in [0.2, 0.25) is 0 Å². The summed E-state index contributed by atoms with van der Waals surface area (Å²) in [6.45, 7) is 3.45. The Morgan fingerprint density at radius 1 is 0.944 bits per heavy atom. The number of hydrogen-bond acceptors (Lipinski definition) is 7. The molecule has 0 aliphatic rings. The smallest absolute Gasteiger partial charge is 0.336 e. The van der Waals surface area contributed by atoms with Crippen molar-refractivity contribution in [3.05, 3.63) is 71.8 Å². The molecule has 186 valence electrons. The van der Waals surface area contributed by atoms with Gasteiger partial charge in [-0.1, -0.05) is 55.8 Å². The maximum Gasteiger partial charge on any atom is 0.336 e. The van der Waals surface area contributed by atoms with Gasteiger partial charge in [-0.3, -0.25) is 0 Å². The summed E-state index contributed by atoms with van der Waals surface area (Å²) in [4.78, 5) is 21.0. The molecule has 3 aromatic carbocycles. The highest BCUT2D eigenvalue weighted by atomic mass is 16.5. The number of nitrogens with one attached hydrogen (secondary N) is 2. The van der Waals surface area contributed by atoms with Crippen molar-refractivity contribution in [1.29, 1.82) is 0 Å². The van der Waals surface area contributed by atoms with Crippen LogP contribution in [0.25, 0.3) is 22.0 Å². The second-order valence-corrected chi connectivity index (χ2v) is 8.30. The molecule has 0 fully saturated rings. The molecule has 4 rings (SSSR count). The molecule has 0 unspecified atom stereocenters. The van der Waals surface area contributed by atoms with Crippen molar-refractivity contribution < 1.29 is 19.4 Å². The third-order valence-electron chi connectivity index (χ3n) is 5.90. The van der Waals surface area contributed by atoms with E-state index in [9.17, 15) is 9.90 Å². The summed E-state index contributed by atoms with van der Waals surface area (Å²) in [5.41, 5.74) is 3.59. The SMILES string of the molecule is CCCCNc1nc(NCc2ccc(-c3ccccc3C(=O)O)cc2)c2cc(OC)c(OC)cc2n1. The van der Waals surface area contributed by atoms with E-state index in [0.29, 0.717) is 35.4 Å². The summed E-state index contributed by atoms with van der Waals surface area (Å²) in [5, 5.41) is 17.0. The fourth-order valence-electron chi connectivity index (χ4n) is 3.96. The monoisotopic (exact) mass is 486 g/mol. The first kappa shape index (κ1) is 24.8. The Morgan fingerprint density at radius 3 is 2.36 bits per heavy atom. The molecule has 0 saturated heterocycles. The number of aromatic nitrogens is 2. The molecule has 0 amide bonds. The number of aromatic carboxylic acids is 1. The van der Waals surface area contributed by atoms with Gasteiger partial charge in [0.2, 0.25) is 5.95 Å². The van der Waals surface area contributed by atoms with Crippen LogP contribution in [0.5, 0.6) is 11.5 Å². The van der Waals surface area contributed by atoms with Gasteiger partial charge in [0.25, 0.3) is 0 Å². The van der Waals surface area contributed by atoms with Crippen molar-refractivity contribution in [3.63, 3.8) is 0 Å². The Balaban J connectivity index is 1.61. The molecule has 1 aromatic heterocycles. The van der Waals surface area contributed by atoms with Crippen molar-refractivity contribution in [2.75, 3.05) is 31.4 Å². The van der Waals surface area contributed by atoms with Gasteiger partial charge in [0.05, 0.1) is 25.3 Å². The number of methoxy groups -OCH3 is 2. The summed E-state index contributed by atoms with van der Waals surface area (Å²) in [6.07, 6.45) is 2.09. The normalized spacial score (nSPS) is 10.8. The zero-order chi connectivity index (χ0) is 25.5. The highest BCUT2D eigenvalue weighted by Crippen LogP contribution is 2.35. The van der Waals surface area contributed by atoms with E-state index in [0.717, 1.165) is 41.4 Å². The average molecular weight is 487 g/mol. The van der Waals surface area contributed by atoms with E-state index in [1.54, 1.807) is 26.4 Å². The maximum atomic E-state index is 11.6. The number of ether oxygens (including phenoxy) is 2. The number of hydrogen-bond donors (Lipinski definition) is 3. The summed E-state index contributed by atoms with van der Waals surface area (Å²) < 4.78 is 10.9. The molecule has 4 aromatic rings. The first-order valence-electron chi connectivity index (χ1n) is 11.9. The number of unbranched alkanes of at least 4 members (excludes halogenated alkanes) is 1. The summed E-state index contributed by atoms with van der Waals surface area (Å²) in [6, 6.07) is 18.5. The molecule has 8 heteroatoms. The van der Waals surface area contributed by atoms with Gasteiger partial charge in [-0.05, 0) is 35.2 Å². The molecule has 0 aliphatic heterocycles. The number of benzene rings is 3. The minimum atomic E-state index is -0.942. The van der Waals surface area contributed by atoms with Gasteiger partial charge < -0.3 is 25.2 Å². The van der Waals surface area contributed by atoms with E-state index in [2.05, 4.69) is 22.5 Å².